The summed E-state index contributed by atoms with van der Waals surface area (Å²) in [6, 6.07) is 0. The summed E-state index contributed by atoms with van der Waals surface area (Å²) in [6.07, 6.45) is 1.44. The highest BCUT2D eigenvalue weighted by atomic mass is 16.5. The molecule has 5 nitrogen and oxygen atoms in total. The van der Waals surface area contributed by atoms with Crippen LogP contribution in [0.3, 0.4) is 0 Å². The second-order valence-electron chi connectivity index (χ2n) is 3.51. The highest BCUT2D eigenvalue weighted by Crippen LogP contribution is 2.52. The van der Waals surface area contributed by atoms with E-state index >= 15 is 0 Å². The topological polar surface area (TPSA) is 76.2 Å². The fraction of sp³-hybridized carbons (Fsp3) is 0.444. The highest BCUT2D eigenvalue weighted by Gasteiger charge is 2.54. The third-order valence-corrected chi connectivity index (χ3v) is 2.52. The van der Waals surface area contributed by atoms with E-state index in [1.54, 1.807) is 6.92 Å². The Bertz CT molecular complexity index is 404. The lowest BCUT2D eigenvalue weighted by Crippen LogP contribution is -2.17. The summed E-state index contributed by atoms with van der Waals surface area (Å²) in [7, 11) is 0. The Balaban J connectivity index is 2.34. The molecule has 0 atom stereocenters. The number of aliphatic carboxylic acids is 1. The van der Waals surface area contributed by atoms with Crippen molar-refractivity contribution in [3.63, 3.8) is 0 Å². The van der Waals surface area contributed by atoms with Crippen molar-refractivity contribution in [3.05, 3.63) is 23.9 Å². The van der Waals surface area contributed by atoms with E-state index in [0.717, 1.165) is 12.8 Å². The molecule has 0 spiro atoms. The van der Waals surface area contributed by atoms with Gasteiger partial charge in [0, 0.05) is 5.57 Å². The molecule has 1 aliphatic rings. The van der Waals surface area contributed by atoms with Crippen molar-refractivity contribution < 1.29 is 14.4 Å². The molecule has 0 bridgehead atoms. The Morgan fingerprint density at radius 1 is 1.64 bits per heavy atom. The van der Waals surface area contributed by atoms with E-state index in [0.29, 0.717) is 11.7 Å². The second-order valence-corrected chi connectivity index (χ2v) is 3.51. The van der Waals surface area contributed by atoms with Gasteiger partial charge in [-0.3, -0.25) is 0 Å². The molecule has 1 saturated carbocycles. The Labute approximate surface area is 80.4 Å². The Morgan fingerprint density at radius 3 is 2.64 bits per heavy atom. The zero-order chi connectivity index (χ0) is 10.3. The molecule has 1 aromatic rings. The smallest absolute Gasteiger partial charge is 0.332 e. The average Bonchev–Trinajstić information content (AvgIpc) is 2.83. The summed E-state index contributed by atoms with van der Waals surface area (Å²) >= 11 is 0. The van der Waals surface area contributed by atoms with Crippen molar-refractivity contribution in [1.82, 2.24) is 10.1 Å². The zero-order valence-electron chi connectivity index (χ0n) is 7.78. The standard InChI is InChI=1S/C9H10N2O3/c1-5(7(12)13)9(3-4-9)8-10-6(2)11-14-8/h1,3-4H2,2H3,(H,12,13). The van der Waals surface area contributed by atoms with Gasteiger partial charge < -0.3 is 9.63 Å². The number of carboxylic acid groups (broad SMARTS) is 1. The van der Waals surface area contributed by atoms with Crippen LogP contribution in [0.25, 0.3) is 0 Å². The first kappa shape index (κ1) is 8.93. The molecule has 0 saturated heterocycles. The number of rotatable bonds is 3. The zero-order valence-corrected chi connectivity index (χ0v) is 7.78. The molecule has 0 radical (unpaired) electrons. The second kappa shape index (κ2) is 2.67. The van der Waals surface area contributed by atoms with Gasteiger partial charge in [0.1, 0.15) is 0 Å². The first-order valence-corrected chi connectivity index (χ1v) is 4.30. The van der Waals surface area contributed by atoms with Gasteiger partial charge in [-0.15, -0.1) is 0 Å². The van der Waals surface area contributed by atoms with Crippen LogP contribution in [0.1, 0.15) is 24.6 Å². The fourth-order valence-corrected chi connectivity index (χ4v) is 1.47. The maximum absolute atomic E-state index is 10.8. The van der Waals surface area contributed by atoms with Crippen LogP contribution >= 0.6 is 0 Å². The van der Waals surface area contributed by atoms with Gasteiger partial charge in [0.15, 0.2) is 5.82 Å². The van der Waals surface area contributed by atoms with Gasteiger partial charge in [-0.25, -0.2) is 4.79 Å². The highest BCUT2D eigenvalue weighted by molar-refractivity contribution is 5.89. The molecule has 1 aromatic heterocycles. The molecular formula is C9H10N2O3. The summed E-state index contributed by atoms with van der Waals surface area (Å²) < 4.78 is 4.98. The van der Waals surface area contributed by atoms with Crippen LogP contribution in [0.5, 0.6) is 0 Å². The van der Waals surface area contributed by atoms with Gasteiger partial charge in [0.2, 0.25) is 5.89 Å². The molecule has 1 N–H and O–H groups in total. The van der Waals surface area contributed by atoms with E-state index < -0.39 is 11.4 Å². The van der Waals surface area contributed by atoms with Gasteiger partial charge in [-0.05, 0) is 19.8 Å². The molecule has 1 aliphatic carbocycles. The van der Waals surface area contributed by atoms with Crippen molar-refractivity contribution in [1.29, 1.82) is 0 Å². The molecule has 1 heterocycles. The predicted molar refractivity (Wildman–Crippen MR) is 46.7 cm³/mol. The van der Waals surface area contributed by atoms with Crippen molar-refractivity contribution in [2.24, 2.45) is 0 Å². The third-order valence-electron chi connectivity index (χ3n) is 2.52. The van der Waals surface area contributed by atoms with E-state index in [9.17, 15) is 4.79 Å². The monoisotopic (exact) mass is 194 g/mol. The summed E-state index contributed by atoms with van der Waals surface area (Å²) in [6.45, 7) is 5.25. The number of aromatic nitrogens is 2. The lowest BCUT2D eigenvalue weighted by atomic mass is 9.97. The number of carboxylic acids is 1. The lowest BCUT2D eigenvalue weighted by molar-refractivity contribution is -0.133. The van der Waals surface area contributed by atoms with Crippen molar-refractivity contribution in [2.75, 3.05) is 0 Å². The summed E-state index contributed by atoms with van der Waals surface area (Å²) in [5.41, 5.74) is -0.450. The molecule has 0 amide bonds. The van der Waals surface area contributed by atoms with Crippen LogP contribution in [0, 0.1) is 6.92 Å². The summed E-state index contributed by atoms with van der Waals surface area (Å²) in [5, 5.41) is 12.5. The molecule has 0 unspecified atom stereocenters. The number of carbonyl (C=O) groups is 1. The van der Waals surface area contributed by atoms with Crippen LogP contribution in [0.2, 0.25) is 0 Å². The maximum atomic E-state index is 10.8. The van der Waals surface area contributed by atoms with E-state index in [1.165, 1.54) is 0 Å². The number of nitrogens with zero attached hydrogens (tertiary/aromatic N) is 2. The van der Waals surface area contributed by atoms with Gasteiger partial charge in [-0.1, -0.05) is 11.7 Å². The lowest BCUT2D eigenvalue weighted by Gasteiger charge is -2.08. The van der Waals surface area contributed by atoms with E-state index in [1.807, 2.05) is 0 Å². The van der Waals surface area contributed by atoms with Crippen LogP contribution in [-0.2, 0) is 10.2 Å². The van der Waals surface area contributed by atoms with Gasteiger partial charge in [-0.2, -0.15) is 4.98 Å². The third kappa shape index (κ3) is 1.13. The van der Waals surface area contributed by atoms with Crippen molar-refractivity contribution in [3.8, 4) is 0 Å². The molecule has 2 rings (SSSR count). The van der Waals surface area contributed by atoms with Crippen LogP contribution in [0.15, 0.2) is 16.7 Å². The van der Waals surface area contributed by atoms with Crippen LogP contribution in [-0.4, -0.2) is 21.2 Å². The van der Waals surface area contributed by atoms with Crippen LogP contribution < -0.4 is 0 Å². The molecule has 74 valence electrons. The largest absolute Gasteiger partial charge is 0.478 e. The van der Waals surface area contributed by atoms with E-state index in [-0.39, 0.29) is 5.57 Å². The molecule has 5 heteroatoms. The first-order chi connectivity index (χ1) is 6.56. The number of aryl methyl sites for hydroxylation is 1. The quantitative estimate of drug-likeness (QED) is 0.728. The van der Waals surface area contributed by atoms with Crippen molar-refractivity contribution in [2.45, 2.75) is 25.2 Å². The minimum absolute atomic E-state index is 0.140. The molecule has 1 fully saturated rings. The maximum Gasteiger partial charge on any atom is 0.332 e. The Kier molecular flexibility index (Phi) is 1.70. The van der Waals surface area contributed by atoms with E-state index in [2.05, 4.69) is 16.7 Å². The Morgan fingerprint density at radius 2 is 2.29 bits per heavy atom. The molecule has 0 aromatic carbocycles. The summed E-state index contributed by atoms with van der Waals surface area (Å²) in [5.74, 6) is -0.106. The minimum Gasteiger partial charge on any atom is -0.478 e. The van der Waals surface area contributed by atoms with Crippen LogP contribution in [0.4, 0.5) is 0 Å². The molecular weight excluding hydrogens is 184 g/mol. The predicted octanol–water partition coefficient (Wildman–Crippen LogP) is 1.05. The first-order valence-electron chi connectivity index (χ1n) is 4.30. The average molecular weight is 194 g/mol. The normalized spacial score (nSPS) is 17.8. The van der Waals surface area contributed by atoms with Gasteiger partial charge in [0.25, 0.3) is 0 Å². The van der Waals surface area contributed by atoms with Gasteiger partial charge in [0.05, 0.1) is 5.41 Å². The molecule has 0 aliphatic heterocycles. The fourth-order valence-electron chi connectivity index (χ4n) is 1.47. The van der Waals surface area contributed by atoms with E-state index in [4.69, 9.17) is 9.63 Å². The molecule has 14 heavy (non-hydrogen) atoms. The summed E-state index contributed by atoms with van der Waals surface area (Å²) in [4.78, 5) is 14.8. The number of hydrogen-bond acceptors (Lipinski definition) is 4. The Hall–Kier alpha value is -1.65. The SMILES string of the molecule is C=C(C(=O)O)C1(c2nc(C)no2)CC1. The minimum atomic E-state index is -1.00. The van der Waals surface area contributed by atoms with Crippen molar-refractivity contribution >= 4 is 5.97 Å². The van der Waals surface area contributed by atoms with Gasteiger partial charge >= 0.3 is 5.97 Å². The number of hydrogen-bond donors (Lipinski definition) is 1.